The van der Waals surface area contributed by atoms with Crippen LogP contribution < -0.4 is 4.72 Å². The van der Waals surface area contributed by atoms with E-state index in [2.05, 4.69) is 65.0 Å². The van der Waals surface area contributed by atoms with Gasteiger partial charge in [0.25, 0.3) is 0 Å². The van der Waals surface area contributed by atoms with E-state index in [-0.39, 0.29) is 35.3 Å². The summed E-state index contributed by atoms with van der Waals surface area (Å²) in [4.78, 5) is 7.44. The standard InChI is InChI=1S/C20H37N3O3S/c1-13(2)16-15-11-14(22-27(25,26)10-9-24)12-23(15)18(20(6,7)8)21-17(16)19(3,4)5/h13-14,17,22,24H,9-12H2,1-8H3. The van der Waals surface area contributed by atoms with E-state index in [9.17, 15) is 8.42 Å². The van der Waals surface area contributed by atoms with E-state index in [0.717, 1.165) is 5.84 Å². The molecule has 6 nitrogen and oxygen atoms in total. The van der Waals surface area contributed by atoms with Crippen LogP contribution in [-0.4, -0.2) is 55.2 Å². The summed E-state index contributed by atoms with van der Waals surface area (Å²) in [5.74, 6) is 1.11. The molecule has 27 heavy (non-hydrogen) atoms. The van der Waals surface area contributed by atoms with Crippen molar-refractivity contribution < 1.29 is 13.5 Å². The summed E-state index contributed by atoms with van der Waals surface area (Å²) in [5.41, 5.74) is 2.40. The number of fused-ring (bicyclic) bond motifs is 1. The molecule has 7 heteroatoms. The Bertz CT molecular complexity index is 725. The first-order valence-corrected chi connectivity index (χ1v) is 11.5. The van der Waals surface area contributed by atoms with Gasteiger partial charge in [-0.3, -0.25) is 4.99 Å². The van der Waals surface area contributed by atoms with E-state index in [1.165, 1.54) is 11.3 Å². The van der Waals surface area contributed by atoms with Gasteiger partial charge in [0.05, 0.1) is 18.4 Å². The quantitative estimate of drug-likeness (QED) is 0.745. The molecule has 0 saturated carbocycles. The Balaban J connectivity index is 2.50. The van der Waals surface area contributed by atoms with Crippen molar-refractivity contribution in [3.63, 3.8) is 0 Å². The van der Waals surface area contributed by atoms with Gasteiger partial charge in [-0.1, -0.05) is 55.4 Å². The molecule has 1 saturated heterocycles. The van der Waals surface area contributed by atoms with Crippen LogP contribution >= 0.6 is 0 Å². The van der Waals surface area contributed by atoms with Crippen LogP contribution in [0.3, 0.4) is 0 Å². The molecule has 2 rings (SSSR count). The van der Waals surface area contributed by atoms with Gasteiger partial charge in [0, 0.05) is 30.1 Å². The highest BCUT2D eigenvalue weighted by Gasteiger charge is 2.44. The van der Waals surface area contributed by atoms with Crippen LogP contribution in [-0.2, 0) is 10.0 Å². The Morgan fingerprint density at radius 3 is 2.26 bits per heavy atom. The summed E-state index contributed by atoms with van der Waals surface area (Å²) in [6.45, 7) is 17.7. The smallest absolute Gasteiger partial charge is 0.214 e. The number of sulfonamides is 1. The molecule has 2 atom stereocenters. The zero-order chi connectivity index (χ0) is 20.8. The third-order valence-corrected chi connectivity index (χ3v) is 6.54. The minimum atomic E-state index is -3.48. The largest absolute Gasteiger partial charge is 0.395 e. The first-order valence-electron chi connectivity index (χ1n) is 9.87. The number of aliphatic imine (C=N–C) groups is 1. The zero-order valence-corrected chi connectivity index (χ0v) is 18.9. The van der Waals surface area contributed by atoms with Crippen molar-refractivity contribution in [3.05, 3.63) is 11.3 Å². The summed E-state index contributed by atoms with van der Waals surface area (Å²) in [6, 6.07) is -0.109. The van der Waals surface area contributed by atoms with E-state index in [4.69, 9.17) is 10.1 Å². The van der Waals surface area contributed by atoms with Crippen LogP contribution in [0.4, 0.5) is 0 Å². The van der Waals surface area contributed by atoms with Gasteiger partial charge in [0.15, 0.2) is 0 Å². The van der Waals surface area contributed by atoms with Crippen molar-refractivity contribution in [1.29, 1.82) is 0 Å². The van der Waals surface area contributed by atoms with Gasteiger partial charge < -0.3 is 10.0 Å². The summed E-state index contributed by atoms with van der Waals surface area (Å²) in [7, 11) is -3.48. The predicted molar refractivity (Wildman–Crippen MR) is 111 cm³/mol. The van der Waals surface area contributed by atoms with E-state index >= 15 is 0 Å². The fourth-order valence-corrected chi connectivity index (χ4v) is 5.09. The third-order valence-electron chi connectivity index (χ3n) is 5.12. The molecule has 0 radical (unpaired) electrons. The highest BCUT2D eigenvalue weighted by atomic mass is 32.2. The van der Waals surface area contributed by atoms with E-state index in [0.29, 0.717) is 18.9 Å². The molecule has 156 valence electrons. The lowest BCUT2D eigenvalue weighted by Gasteiger charge is -2.43. The van der Waals surface area contributed by atoms with Gasteiger partial charge in [-0.2, -0.15) is 0 Å². The molecule has 0 bridgehead atoms. The molecule has 1 fully saturated rings. The minimum absolute atomic E-state index is 0.0102. The van der Waals surface area contributed by atoms with Gasteiger partial charge in [-0.25, -0.2) is 13.1 Å². The minimum Gasteiger partial charge on any atom is -0.395 e. The maximum absolute atomic E-state index is 12.2. The van der Waals surface area contributed by atoms with Crippen molar-refractivity contribution in [2.45, 2.75) is 73.9 Å². The molecule has 2 unspecified atom stereocenters. The van der Waals surface area contributed by atoms with Crippen molar-refractivity contribution >= 4 is 15.9 Å². The Kier molecular flexibility index (Phi) is 6.20. The number of amidine groups is 1. The second kappa shape index (κ2) is 7.48. The lowest BCUT2D eigenvalue weighted by Crippen LogP contribution is -2.46. The number of hydrogen-bond donors (Lipinski definition) is 2. The van der Waals surface area contributed by atoms with Gasteiger partial charge in [-0.05, 0) is 16.9 Å². The first kappa shape index (κ1) is 22.4. The number of rotatable bonds is 5. The summed E-state index contributed by atoms with van der Waals surface area (Å²) in [5, 5.41) is 9.01. The lowest BCUT2D eigenvalue weighted by atomic mass is 9.76. The highest BCUT2D eigenvalue weighted by Crippen LogP contribution is 2.43. The third kappa shape index (κ3) is 4.93. The Labute approximate surface area is 165 Å². The number of nitrogens with zero attached hydrogens (tertiary/aromatic N) is 2. The zero-order valence-electron chi connectivity index (χ0n) is 18.1. The van der Waals surface area contributed by atoms with E-state index in [1.807, 2.05) is 0 Å². The normalized spacial score (nSPS) is 24.5. The molecular formula is C20H37N3O3S. The van der Waals surface area contributed by atoms with Crippen molar-refractivity contribution in [2.24, 2.45) is 21.7 Å². The van der Waals surface area contributed by atoms with Crippen molar-refractivity contribution in [1.82, 2.24) is 9.62 Å². The molecular weight excluding hydrogens is 362 g/mol. The Hall–Kier alpha value is -0.920. The molecule has 0 spiro atoms. The lowest BCUT2D eigenvalue weighted by molar-refractivity contribution is 0.312. The van der Waals surface area contributed by atoms with Crippen LogP contribution in [0.2, 0.25) is 0 Å². The van der Waals surface area contributed by atoms with Gasteiger partial charge >= 0.3 is 0 Å². The number of nitrogens with one attached hydrogen (secondary N) is 1. The molecule has 2 heterocycles. The second-order valence-electron chi connectivity index (χ2n) is 10.2. The molecule has 0 amide bonds. The fourth-order valence-electron chi connectivity index (χ4n) is 4.07. The summed E-state index contributed by atoms with van der Waals surface area (Å²) in [6.07, 6.45) is 0.667. The molecule has 0 aromatic rings. The van der Waals surface area contributed by atoms with Crippen LogP contribution in [0, 0.1) is 16.7 Å². The molecule has 2 aliphatic heterocycles. The van der Waals surface area contributed by atoms with Crippen LogP contribution in [0.1, 0.15) is 61.8 Å². The van der Waals surface area contributed by atoms with Gasteiger partial charge in [-0.15, -0.1) is 0 Å². The predicted octanol–water partition coefficient (Wildman–Crippen LogP) is 2.76. The molecule has 2 aliphatic rings. The highest BCUT2D eigenvalue weighted by molar-refractivity contribution is 7.89. The van der Waals surface area contributed by atoms with Gasteiger partial charge in [0.2, 0.25) is 10.0 Å². The average molecular weight is 400 g/mol. The monoisotopic (exact) mass is 399 g/mol. The van der Waals surface area contributed by atoms with Crippen molar-refractivity contribution in [3.8, 4) is 0 Å². The summed E-state index contributed by atoms with van der Waals surface area (Å²) >= 11 is 0. The SMILES string of the molecule is CC(C)C1=C2CC(NS(=O)(=O)CCO)CN2C(C(C)(C)C)=NC1C(C)(C)C. The molecule has 0 aromatic carbocycles. The molecule has 0 aromatic heterocycles. The van der Waals surface area contributed by atoms with Crippen LogP contribution in [0.5, 0.6) is 0 Å². The van der Waals surface area contributed by atoms with Crippen molar-refractivity contribution in [2.75, 3.05) is 18.9 Å². The number of hydrogen-bond acceptors (Lipinski definition) is 5. The van der Waals surface area contributed by atoms with Gasteiger partial charge in [0.1, 0.15) is 5.84 Å². The number of aliphatic hydroxyl groups excluding tert-OH is 1. The number of aliphatic hydroxyl groups is 1. The second-order valence-corrected chi connectivity index (χ2v) is 12.1. The maximum Gasteiger partial charge on any atom is 0.214 e. The Morgan fingerprint density at radius 2 is 1.81 bits per heavy atom. The topological polar surface area (TPSA) is 82.0 Å². The van der Waals surface area contributed by atoms with E-state index in [1.54, 1.807) is 0 Å². The Morgan fingerprint density at radius 1 is 1.22 bits per heavy atom. The molecule has 0 aliphatic carbocycles. The summed E-state index contributed by atoms with van der Waals surface area (Å²) < 4.78 is 27.1. The fraction of sp³-hybridized carbons (Fsp3) is 0.850. The maximum atomic E-state index is 12.2. The van der Waals surface area contributed by atoms with E-state index < -0.39 is 10.0 Å². The average Bonchev–Trinajstić information content (AvgIpc) is 2.84. The first-order chi connectivity index (χ1) is 12.2. The molecule has 2 N–H and O–H groups in total. The van der Waals surface area contributed by atoms with Crippen LogP contribution in [0.15, 0.2) is 16.3 Å². The van der Waals surface area contributed by atoms with Crippen LogP contribution in [0.25, 0.3) is 0 Å².